The molecule has 0 aliphatic heterocycles. The fraction of sp³-hybridized carbons (Fsp3) is 1.00. The lowest BCUT2D eigenvalue weighted by Crippen LogP contribution is -2.24. The van der Waals surface area contributed by atoms with Crippen LogP contribution in [0.3, 0.4) is 0 Å². The molecule has 1 N–H and O–H groups in total. The zero-order valence-electron chi connectivity index (χ0n) is 20.7. The number of aliphatic hydroxyl groups excluding tert-OH is 1. The Morgan fingerprint density at radius 3 is 1.50 bits per heavy atom. The molecule has 0 amide bonds. The van der Waals surface area contributed by atoms with E-state index in [4.69, 9.17) is 22.8 Å². The maximum absolute atomic E-state index is 12.0. The average molecular weight is 501 g/mol. The van der Waals surface area contributed by atoms with E-state index >= 15 is 0 Å². The molecule has 2 aliphatic carbocycles. The van der Waals surface area contributed by atoms with Crippen LogP contribution in [0.1, 0.15) is 71.1 Å². The molecular formula is C22H46O8P2. The van der Waals surface area contributed by atoms with Crippen molar-refractivity contribution in [2.24, 2.45) is 11.8 Å². The van der Waals surface area contributed by atoms with Gasteiger partial charge in [-0.3, -0.25) is 9.13 Å². The second kappa shape index (κ2) is 16.0. The summed E-state index contributed by atoms with van der Waals surface area (Å²) in [6.45, 7) is 3.05. The molecule has 2 saturated carbocycles. The van der Waals surface area contributed by atoms with E-state index in [1.165, 1.54) is 34.9 Å². The van der Waals surface area contributed by atoms with Crippen LogP contribution in [0.25, 0.3) is 0 Å². The summed E-state index contributed by atoms with van der Waals surface area (Å²) in [5, 5.41) is 9.31. The van der Waals surface area contributed by atoms with Gasteiger partial charge in [0.05, 0.1) is 24.5 Å². The third-order valence-electron chi connectivity index (χ3n) is 6.54. The molecule has 0 saturated heterocycles. The molecular weight excluding hydrogens is 454 g/mol. The second-order valence-corrected chi connectivity index (χ2v) is 13.5. The third kappa shape index (κ3) is 11.6. The van der Waals surface area contributed by atoms with Crippen LogP contribution >= 0.6 is 15.2 Å². The van der Waals surface area contributed by atoms with E-state index < -0.39 is 15.2 Å². The fourth-order valence-corrected chi connectivity index (χ4v) is 7.17. The summed E-state index contributed by atoms with van der Waals surface area (Å²) in [6, 6.07) is 0. The highest BCUT2D eigenvalue weighted by molar-refractivity contribution is 7.54. The normalized spacial score (nSPS) is 26.9. The summed E-state index contributed by atoms with van der Waals surface area (Å²) >= 11 is 0. The van der Waals surface area contributed by atoms with Crippen molar-refractivity contribution in [2.75, 3.05) is 47.4 Å². The van der Waals surface area contributed by atoms with E-state index in [9.17, 15) is 14.2 Å². The number of rotatable bonds is 12. The van der Waals surface area contributed by atoms with Gasteiger partial charge in [0.2, 0.25) is 0 Å². The van der Waals surface area contributed by atoms with Crippen LogP contribution < -0.4 is 0 Å². The smallest absolute Gasteiger partial charge is 0.330 e. The molecule has 0 aromatic carbocycles. The summed E-state index contributed by atoms with van der Waals surface area (Å²) in [5.41, 5.74) is 0. The minimum Gasteiger partial charge on any atom is -0.393 e. The van der Waals surface area contributed by atoms with Gasteiger partial charge < -0.3 is 27.9 Å². The Kier molecular flexibility index (Phi) is 15.1. The van der Waals surface area contributed by atoms with Crippen molar-refractivity contribution in [3.8, 4) is 0 Å². The van der Waals surface area contributed by atoms with E-state index in [0.29, 0.717) is 30.3 Å². The van der Waals surface area contributed by atoms with Crippen LogP contribution in [-0.4, -0.2) is 64.7 Å². The van der Waals surface area contributed by atoms with Gasteiger partial charge in [0.1, 0.15) is 0 Å². The lowest BCUT2D eigenvalue weighted by molar-refractivity contribution is 0.0182. The minimum atomic E-state index is -2.85. The van der Waals surface area contributed by atoms with Crippen LogP contribution in [0.2, 0.25) is 0 Å². The van der Waals surface area contributed by atoms with Crippen LogP contribution in [0.15, 0.2) is 0 Å². The number of hydrogen-bond acceptors (Lipinski definition) is 8. The summed E-state index contributed by atoms with van der Waals surface area (Å²) in [4.78, 5) is 0. The molecule has 2 fully saturated rings. The van der Waals surface area contributed by atoms with Gasteiger partial charge in [0.15, 0.2) is 0 Å². The predicted octanol–water partition coefficient (Wildman–Crippen LogP) is 5.87. The van der Waals surface area contributed by atoms with E-state index in [-0.39, 0.29) is 6.10 Å². The Balaban J connectivity index is 0.000000330. The van der Waals surface area contributed by atoms with Crippen LogP contribution in [0.4, 0.5) is 0 Å². The Morgan fingerprint density at radius 1 is 0.719 bits per heavy atom. The minimum absolute atomic E-state index is 0.171. The zero-order chi connectivity index (χ0) is 24.0. The first-order valence-corrected chi connectivity index (χ1v) is 15.4. The first-order chi connectivity index (χ1) is 15.2. The molecule has 192 valence electrons. The molecule has 0 bridgehead atoms. The molecule has 0 aromatic heterocycles. The highest BCUT2D eigenvalue weighted by Crippen LogP contribution is 2.51. The molecule has 0 heterocycles. The van der Waals surface area contributed by atoms with Crippen molar-refractivity contribution in [1.29, 1.82) is 0 Å². The molecule has 2 rings (SSSR count). The van der Waals surface area contributed by atoms with E-state index in [1.807, 2.05) is 0 Å². The number of unbranched alkanes of at least 4 members (excludes halogenated alkanes) is 1. The lowest BCUT2D eigenvalue weighted by Gasteiger charge is -2.29. The number of ether oxygens (including phenoxy) is 1. The fourth-order valence-electron chi connectivity index (χ4n) is 4.28. The molecule has 2 aliphatic rings. The monoisotopic (exact) mass is 500 g/mol. The molecule has 0 radical (unpaired) electrons. The summed E-state index contributed by atoms with van der Waals surface area (Å²) in [5.74, 6) is 0.811. The van der Waals surface area contributed by atoms with E-state index in [2.05, 4.69) is 6.92 Å². The Morgan fingerprint density at radius 2 is 1.12 bits per heavy atom. The van der Waals surface area contributed by atoms with Crippen molar-refractivity contribution < 1.29 is 37.1 Å². The van der Waals surface area contributed by atoms with Crippen LogP contribution in [0, 0.1) is 11.8 Å². The van der Waals surface area contributed by atoms with Gasteiger partial charge in [-0.2, -0.15) is 0 Å². The Bertz CT molecular complexity index is 556. The first-order valence-electron chi connectivity index (χ1n) is 11.9. The second-order valence-electron chi connectivity index (χ2n) is 8.86. The summed E-state index contributed by atoms with van der Waals surface area (Å²) in [6.07, 6.45) is 11.3. The van der Waals surface area contributed by atoms with Crippen molar-refractivity contribution in [2.45, 2.75) is 83.3 Å². The molecule has 10 heteroatoms. The van der Waals surface area contributed by atoms with Gasteiger partial charge >= 0.3 is 15.2 Å². The van der Waals surface area contributed by atoms with Gasteiger partial charge in [-0.25, -0.2) is 0 Å². The average Bonchev–Trinajstić information content (AvgIpc) is 2.82. The highest BCUT2D eigenvalue weighted by atomic mass is 31.2. The molecule has 0 aromatic rings. The summed E-state index contributed by atoms with van der Waals surface area (Å²) < 4.78 is 49.4. The maximum atomic E-state index is 12.0. The van der Waals surface area contributed by atoms with Gasteiger partial charge in [-0.15, -0.1) is 0 Å². The van der Waals surface area contributed by atoms with Gasteiger partial charge in [-0.05, 0) is 69.6 Å². The molecule has 32 heavy (non-hydrogen) atoms. The van der Waals surface area contributed by atoms with Crippen molar-refractivity contribution in [1.82, 2.24) is 0 Å². The third-order valence-corrected chi connectivity index (χ3v) is 10.7. The van der Waals surface area contributed by atoms with Crippen molar-refractivity contribution >= 4 is 15.2 Å². The SMILES string of the molecule is CCCCOC1CCC(CP(=O)(OC)OC)CC1.COP(=O)(CC1CCC(O)CC1)OC. The topological polar surface area (TPSA) is 101 Å². The Labute approximate surface area is 195 Å². The van der Waals surface area contributed by atoms with Crippen LogP contribution in [-0.2, 0) is 32.0 Å². The zero-order valence-corrected chi connectivity index (χ0v) is 22.5. The molecule has 0 unspecified atom stereocenters. The highest BCUT2D eigenvalue weighted by Gasteiger charge is 2.31. The number of aliphatic hydroxyl groups is 1. The summed E-state index contributed by atoms with van der Waals surface area (Å²) in [7, 11) is 0.0741. The van der Waals surface area contributed by atoms with E-state index in [0.717, 1.165) is 64.4 Å². The molecule has 0 spiro atoms. The lowest BCUT2D eigenvalue weighted by atomic mass is 9.89. The Hall–Kier alpha value is 0.220. The van der Waals surface area contributed by atoms with Crippen molar-refractivity contribution in [3.63, 3.8) is 0 Å². The van der Waals surface area contributed by atoms with Gasteiger partial charge in [0.25, 0.3) is 0 Å². The largest absolute Gasteiger partial charge is 0.393 e. The first kappa shape index (κ1) is 30.3. The molecule has 0 atom stereocenters. The van der Waals surface area contributed by atoms with Crippen molar-refractivity contribution in [3.05, 3.63) is 0 Å². The number of hydrogen-bond donors (Lipinski definition) is 1. The van der Waals surface area contributed by atoms with Gasteiger partial charge in [-0.1, -0.05) is 13.3 Å². The standard InChI is InChI=1S/C13H27O4P.C9H19O4P/c1-4-5-10-17-13-8-6-12(7-9-13)11-18(14,15-2)16-3;1-12-14(11,13-2)7-8-3-5-9(10)6-4-8/h12-13H,4-11H2,1-3H3;8-10H,3-7H2,1-2H3. The predicted molar refractivity (Wildman–Crippen MR) is 128 cm³/mol. The quantitative estimate of drug-likeness (QED) is 0.262. The van der Waals surface area contributed by atoms with Gasteiger partial charge in [0, 0.05) is 35.0 Å². The van der Waals surface area contributed by atoms with Crippen LogP contribution in [0.5, 0.6) is 0 Å². The van der Waals surface area contributed by atoms with E-state index in [1.54, 1.807) is 0 Å². The molecule has 8 nitrogen and oxygen atoms in total. The maximum Gasteiger partial charge on any atom is 0.330 e.